The number of carbonyl (C=O) groups excluding carboxylic acids is 2. The number of nitrogen functional groups attached to an aromatic ring is 1. The van der Waals surface area contributed by atoms with Gasteiger partial charge in [0.25, 0.3) is 5.91 Å². The molecule has 4 rings (SSSR count). The summed E-state index contributed by atoms with van der Waals surface area (Å²) in [5.74, 6) is 0.680. The first-order valence-corrected chi connectivity index (χ1v) is 12.2. The van der Waals surface area contributed by atoms with Crippen LogP contribution in [0.25, 0.3) is 0 Å². The third-order valence-corrected chi connectivity index (χ3v) is 7.16. The zero-order valence-electron chi connectivity index (χ0n) is 19.2. The number of morpholine rings is 1. The van der Waals surface area contributed by atoms with Crippen LogP contribution in [-0.2, 0) is 9.53 Å². The lowest BCUT2D eigenvalue weighted by atomic mass is 9.92. The Morgan fingerprint density at radius 2 is 1.81 bits per heavy atom. The van der Waals surface area contributed by atoms with Crippen LogP contribution < -0.4 is 11.1 Å². The molecule has 1 unspecified atom stereocenters. The summed E-state index contributed by atoms with van der Waals surface area (Å²) in [5.41, 5.74) is 7.54. The van der Waals surface area contributed by atoms with E-state index in [1.807, 2.05) is 24.0 Å². The monoisotopic (exact) mass is 443 g/mol. The van der Waals surface area contributed by atoms with Gasteiger partial charge in [-0.05, 0) is 37.8 Å². The van der Waals surface area contributed by atoms with Gasteiger partial charge in [-0.3, -0.25) is 14.5 Å². The number of carbonyl (C=O) groups is 2. The molecule has 8 heteroatoms. The number of nitrogens with two attached hydrogens (primary N) is 1. The van der Waals surface area contributed by atoms with Gasteiger partial charge < -0.3 is 20.7 Å². The molecule has 2 aliphatic heterocycles. The summed E-state index contributed by atoms with van der Waals surface area (Å²) in [6.45, 7) is 7.62. The van der Waals surface area contributed by atoms with E-state index < -0.39 is 0 Å². The molecule has 1 saturated carbocycles. The van der Waals surface area contributed by atoms with Gasteiger partial charge in [-0.2, -0.15) is 0 Å². The molecule has 3 N–H and O–H groups in total. The van der Waals surface area contributed by atoms with Gasteiger partial charge in [0, 0.05) is 56.3 Å². The quantitative estimate of drug-likeness (QED) is 0.698. The van der Waals surface area contributed by atoms with Gasteiger partial charge in [0.2, 0.25) is 5.91 Å². The summed E-state index contributed by atoms with van der Waals surface area (Å²) < 4.78 is 5.40. The normalized spacial score (nSPS) is 22.1. The van der Waals surface area contributed by atoms with E-state index in [-0.39, 0.29) is 29.7 Å². The predicted molar refractivity (Wildman–Crippen MR) is 123 cm³/mol. The Morgan fingerprint density at radius 3 is 2.47 bits per heavy atom. The van der Waals surface area contributed by atoms with Crippen LogP contribution in [0.3, 0.4) is 0 Å². The van der Waals surface area contributed by atoms with E-state index in [9.17, 15) is 9.59 Å². The van der Waals surface area contributed by atoms with Crippen molar-refractivity contribution in [2.24, 2.45) is 5.92 Å². The molecule has 3 aliphatic rings. The zero-order valence-corrected chi connectivity index (χ0v) is 19.2. The van der Waals surface area contributed by atoms with Crippen molar-refractivity contribution in [2.45, 2.75) is 57.4 Å². The van der Waals surface area contributed by atoms with E-state index in [2.05, 4.69) is 15.2 Å². The van der Waals surface area contributed by atoms with Crippen molar-refractivity contribution in [3.05, 3.63) is 23.4 Å². The Morgan fingerprint density at radius 1 is 1.12 bits per heavy atom. The maximum atomic E-state index is 12.9. The SMILES string of the molecule is CC(CN1CCOCC1)C(=O)N1CCC(c2ccc(C(=O)NC3CCCC3)c(N)n2)CC1. The average Bonchev–Trinajstić information content (AvgIpc) is 3.32. The molecular weight excluding hydrogens is 406 g/mol. The fraction of sp³-hybridized carbons (Fsp3) is 0.708. The van der Waals surface area contributed by atoms with E-state index in [1.54, 1.807) is 0 Å². The molecule has 3 heterocycles. The van der Waals surface area contributed by atoms with Gasteiger partial charge >= 0.3 is 0 Å². The second kappa shape index (κ2) is 10.6. The Bertz CT molecular complexity index is 797. The Hall–Kier alpha value is -2.19. The molecule has 0 aromatic carbocycles. The van der Waals surface area contributed by atoms with E-state index in [0.717, 1.165) is 77.3 Å². The van der Waals surface area contributed by atoms with E-state index in [4.69, 9.17) is 10.5 Å². The standard InChI is InChI=1S/C24H37N5O3/c1-17(16-28-12-14-32-15-13-28)24(31)29-10-8-18(9-11-29)21-7-6-20(22(25)27-21)23(30)26-19-4-2-3-5-19/h6-7,17-19H,2-5,8-16H2,1H3,(H2,25,27)(H,26,30). The number of pyridine rings is 1. The first-order valence-electron chi connectivity index (χ1n) is 12.2. The highest BCUT2D eigenvalue weighted by atomic mass is 16.5. The largest absolute Gasteiger partial charge is 0.383 e. The van der Waals surface area contributed by atoms with Crippen molar-refractivity contribution in [2.75, 3.05) is 51.7 Å². The van der Waals surface area contributed by atoms with Gasteiger partial charge in [-0.1, -0.05) is 19.8 Å². The van der Waals surface area contributed by atoms with Crippen LogP contribution in [0.4, 0.5) is 5.82 Å². The Labute approximate surface area is 190 Å². The van der Waals surface area contributed by atoms with Gasteiger partial charge in [0.15, 0.2) is 0 Å². The number of nitrogens with zero attached hydrogens (tertiary/aromatic N) is 3. The number of aromatic nitrogens is 1. The number of hydrogen-bond donors (Lipinski definition) is 2. The number of hydrogen-bond acceptors (Lipinski definition) is 6. The Balaban J connectivity index is 1.28. The molecule has 0 bridgehead atoms. The minimum Gasteiger partial charge on any atom is -0.383 e. The van der Waals surface area contributed by atoms with Crippen LogP contribution in [0.15, 0.2) is 12.1 Å². The Kier molecular flexibility index (Phi) is 7.63. The van der Waals surface area contributed by atoms with Crippen molar-refractivity contribution in [1.29, 1.82) is 0 Å². The fourth-order valence-electron chi connectivity index (χ4n) is 5.20. The first-order chi connectivity index (χ1) is 15.5. The highest BCUT2D eigenvalue weighted by Gasteiger charge is 2.29. The second-order valence-electron chi connectivity index (χ2n) is 9.54. The summed E-state index contributed by atoms with van der Waals surface area (Å²) in [5, 5.41) is 3.08. The summed E-state index contributed by atoms with van der Waals surface area (Å²) in [6.07, 6.45) is 6.17. The highest BCUT2D eigenvalue weighted by Crippen LogP contribution is 2.29. The van der Waals surface area contributed by atoms with Crippen LogP contribution in [-0.4, -0.2) is 78.6 Å². The summed E-state index contributed by atoms with van der Waals surface area (Å²) >= 11 is 0. The van der Waals surface area contributed by atoms with Crippen LogP contribution in [0.5, 0.6) is 0 Å². The first kappa shape index (κ1) is 23.0. The van der Waals surface area contributed by atoms with Crippen LogP contribution in [0, 0.1) is 5.92 Å². The van der Waals surface area contributed by atoms with Gasteiger partial charge in [-0.15, -0.1) is 0 Å². The number of likely N-dealkylation sites (tertiary alicyclic amines) is 1. The lowest BCUT2D eigenvalue weighted by Gasteiger charge is -2.35. The maximum absolute atomic E-state index is 12.9. The molecule has 3 fully saturated rings. The van der Waals surface area contributed by atoms with Gasteiger partial charge in [0.1, 0.15) is 5.82 Å². The molecule has 2 amide bonds. The third-order valence-electron chi connectivity index (χ3n) is 7.16. The second-order valence-corrected chi connectivity index (χ2v) is 9.54. The molecule has 1 aromatic heterocycles. The molecule has 0 radical (unpaired) electrons. The number of ether oxygens (including phenoxy) is 1. The molecule has 0 spiro atoms. The fourth-order valence-corrected chi connectivity index (χ4v) is 5.20. The minimum absolute atomic E-state index is 0.00363. The molecule has 2 saturated heterocycles. The maximum Gasteiger partial charge on any atom is 0.255 e. The van der Waals surface area contributed by atoms with Crippen LogP contribution in [0.2, 0.25) is 0 Å². The number of rotatable bonds is 6. The third kappa shape index (κ3) is 5.59. The smallest absolute Gasteiger partial charge is 0.255 e. The van der Waals surface area contributed by atoms with E-state index >= 15 is 0 Å². The van der Waals surface area contributed by atoms with Crippen molar-refractivity contribution in [3.8, 4) is 0 Å². The summed E-state index contributed by atoms with van der Waals surface area (Å²) in [4.78, 5) is 34.3. The van der Waals surface area contributed by atoms with Gasteiger partial charge in [-0.25, -0.2) is 4.98 Å². The average molecular weight is 444 g/mol. The van der Waals surface area contributed by atoms with Crippen LogP contribution in [0.1, 0.15) is 67.4 Å². The zero-order chi connectivity index (χ0) is 22.5. The number of amides is 2. The highest BCUT2D eigenvalue weighted by molar-refractivity contribution is 5.98. The summed E-state index contributed by atoms with van der Waals surface area (Å²) in [6, 6.07) is 4.00. The van der Waals surface area contributed by atoms with Crippen molar-refractivity contribution in [3.63, 3.8) is 0 Å². The summed E-state index contributed by atoms with van der Waals surface area (Å²) in [7, 11) is 0. The van der Waals surface area contributed by atoms with Crippen LogP contribution >= 0.6 is 0 Å². The molecule has 1 atom stereocenters. The molecule has 32 heavy (non-hydrogen) atoms. The van der Waals surface area contributed by atoms with Crippen molar-refractivity contribution >= 4 is 17.6 Å². The lowest BCUT2D eigenvalue weighted by molar-refractivity contribution is -0.137. The number of nitrogens with one attached hydrogen (secondary N) is 1. The lowest BCUT2D eigenvalue weighted by Crippen LogP contribution is -2.46. The van der Waals surface area contributed by atoms with E-state index in [1.165, 1.54) is 12.8 Å². The van der Waals surface area contributed by atoms with E-state index in [0.29, 0.717) is 11.4 Å². The van der Waals surface area contributed by atoms with Crippen molar-refractivity contribution < 1.29 is 14.3 Å². The van der Waals surface area contributed by atoms with Crippen molar-refractivity contribution in [1.82, 2.24) is 20.1 Å². The number of anilines is 1. The predicted octanol–water partition coefficient (Wildman–Crippen LogP) is 2.01. The molecule has 1 aliphatic carbocycles. The molecular formula is C24H37N5O3. The number of piperidine rings is 1. The van der Waals surface area contributed by atoms with Gasteiger partial charge in [0.05, 0.1) is 18.8 Å². The topological polar surface area (TPSA) is 101 Å². The minimum atomic E-state index is -0.122. The molecule has 176 valence electrons. The molecule has 1 aromatic rings. The molecule has 8 nitrogen and oxygen atoms in total.